The van der Waals surface area contributed by atoms with E-state index in [0.717, 1.165) is 10.5 Å². The van der Waals surface area contributed by atoms with Crippen LogP contribution in [-0.4, -0.2) is 28.7 Å². The summed E-state index contributed by atoms with van der Waals surface area (Å²) in [6.07, 6.45) is 3.11. The van der Waals surface area contributed by atoms with Crippen molar-refractivity contribution >= 4 is 35.3 Å². The molecule has 1 aliphatic heterocycles. The van der Waals surface area contributed by atoms with Crippen LogP contribution >= 0.6 is 0 Å². The molecule has 1 aliphatic rings. The Labute approximate surface area is 171 Å². The molecule has 6 heteroatoms. The highest BCUT2D eigenvalue weighted by atomic mass is 16.4. The lowest BCUT2D eigenvalue weighted by Crippen LogP contribution is -2.29. The standard InChI is InChI=1S/C24H15NO5/c26-21(12-9-15-5-2-1-3-6-15)16-7-4-8-18(13-16)25-22(27)19-11-10-17(24(29)30)14-20(19)23(25)28/h1-14H,(H,29,30)/b12-9+. The molecule has 30 heavy (non-hydrogen) atoms. The van der Waals surface area contributed by atoms with Crippen LogP contribution in [0.3, 0.4) is 0 Å². The maximum atomic E-state index is 12.8. The van der Waals surface area contributed by atoms with E-state index in [1.165, 1.54) is 30.3 Å². The fraction of sp³-hybridized carbons (Fsp3) is 0. The molecule has 0 aromatic heterocycles. The Hall–Kier alpha value is -4.32. The van der Waals surface area contributed by atoms with Gasteiger partial charge in [0.15, 0.2) is 5.78 Å². The van der Waals surface area contributed by atoms with Crippen molar-refractivity contribution in [1.29, 1.82) is 0 Å². The zero-order valence-electron chi connectivity index (χ0n) is 15.6. The zero-order chi connectivity index (χ0) is 21.3. The Bertz CT molecular complexity index is 1230. The summed E-state index contributed by atoms with van der Waals surface area (Å²) in [4.78, 5) is 50.2. The number of rotatable bonds is 5. The Morgan fingerprint density at radius 1 is 0.767 bits per heavy atom. The summed E-state index contributed by atoms with van der Waals surface area (Å²) in [5, 5.41) is 9.13. The Balaban J connectivity index is 1.63. The van der Waals surface area contributed by atoms with Crippen molar-refractivity contribution in [1.82, 2.24) is 0 Å². The third kappa shape index (κ3) is 3.42. The van der Waals surface area contributed by atoms with E-state index in [-0.39, 0.29) is 28.2 Å². The SMILES string of the molecule is O=C(O)c1ccc2c(c1)C(=O)N(c1cccc(C(=O)/C=C/c3ccccc3)c1)C2=O. The average molecular weight is 397 g/mol. The van der Waals surface area contributed by atoms with Crippen molar-refractivity contribution in [3.8, 4) is 0 Å². The molecule has 0 fully saturated rings. The van der Waals surface area contributed by atoms with Gasteiger partial charge >= 0.3 is 5.97 Å². The number of allylic oxidation sites excluding steroid dienone is 1. The third-order valence-corrected chi connectivity index (χ3v) is 4.75. The summed E-state index contributed by atoms with van der Waals surface area (Å²) in [6, 6.07) is 19.3. The second-order valence-corrected chi connectivity index (χ2v) is 6.67. The van der Waals surface area contributed by atoms with Gasteiger partial charge in [0.25, 0.3) is 11.8 Å². The van der Waals surface area contributed by atoms with Gasteiger partial charge in [-0.3, -0.25) is 14.4 Å². The third-order valence-electron chi connectivity index (χ3n) is 4.75. The number of benzene rings is 3. The first kappa shape index (κ1) is 19.0. The van der Waals surface area contributed by atoms with Crippen molar-refractivity contribution in [2.45, 2.75) is 0 Å². The Morgan fingerprint density at radius 2 is 1.50 bits per heavy atom. The zero-order valence-corrected chi connectivity index (χ0v) is 15.6. The minimum Gasteiger partial charge on any atom is -0.478 e. The highest BCUT2D eigenvalue weighted by Gasteiger charge is 2.37. The van der Waals surface area contributed by atoms with Crippen LogP contribution in [0.25, 0.3) is 6.08 Å². The van der Waals surface area contributed by atoms with Crippen LogP contribution in [0, 0.1) is 0 Å². The number of nitrogens with zero attached hydrogens (tertiary/aromatic N) is 1. The summed E-state index contributed by atoms with van der Waals surface area (Å²) in [5.74, 6) is -2.64. The van der Waals surface area contributed by atoms with Gasteiger partial charge in [-0.25, -0.2) is 9.69 Å². The number of anilines is 1. The summed E-state index contributed by atoms with van der Waals surface area (Å²) in [7, 11) is 0. The number of fused-ring (bicyclic) bond motifs is 1. The van der Waals surface area contributed by atoms with E-state index in [1.54, 1.807) is 24.3 Å². The molecule has 3 aromatic rings. The molecule has 3 aromatic carbocycles. The molecule has 0 radical (unpaired) electrons. The first-order valence-electron chi connectivity index (χ1n) is 9.09. The predicted octanol–water partition coefficient (Wildman–Crippen LogP) is 4.08. The number of imide groups is 1. The summed E-state index contributed by atoms with van der Waals surface area (Å²) < 4.78 is 0. The molecule has 0 bridgehead atoms. The molecule has 0 saturated carbocycles. The number of hydrogen-bond acceptors (Lipinski definition) is 4. The van der Waals surface area contributed by atoms with Crippen LogP contribution in [0.5, 0.6) is 0 Å². The van der Waals surface area contributed by atoms with Gasteiger partial charge in [0.05, 0.1) is 22.4 Å². The fourth-order valence-electron chi connectivity index (χ4n) is 3.24. The molecule has 0 atom stereocenters. The minimum atomic E-state index is -1.19. The van der Waals surface area contributed by atoms with E-state index in [1.807, 2.05) is 30.3 Å². The van der Waals surface area contributed by atoms with Crippen molar-refractivity contribution < 1.29 is 24.3 Å². The monoisotopic (exact) mass is 397 g/mol. The molecule has 4 rings (SSSR count). The van der Waals surface area contributed by atoms with E-state index in [0.29, 0.717) is 5.56 Å². The lowest BCUT2D eigenvalue weighted by Gasteiger charge is -2.14. The maximum Gasteiger partial charge on any atom is 0.335 e. The summed E-state index contributed by atoms with van der Waals surface area (Å²) in [5.41, 5.74) is 1.52. The molecule has 146 valence electrons. The molecular formula is C24H15NO5. The average Bonchev–Trinajstić information content (AvgIpc) is 3.02. The summed E-state index contributed by atoms with van der Waals surface area (Å²) in [6.45, 7) is 0. The summed E-state index contributed by atoms with van der Waals surface area (Å²) >= 11 is 0. The molecule has 1 N–H and O–H groups in total. The molecule has 0 spiro atoms. The largest absolute Gasteiger partial charge is 0.478 e. The number of hydrogen-bond donors (Lipinski definition) is 1. The van der Waals surface area contributed by atoms with Gasteiger partial charge in [0, 0.05) is 5.56 Å². The van der Waals surface area contributed by atoms with Crippen LogP contribution in [-0.2, 0) is 0 Å². The van der Waals surface area contributed by atoms with Gasteiger partial charge in [0.2, 0.25) is 0 Å². The van der Waals surface area contributed by atoms with Crippen molar-refractivity contribution in [3.63, 3.8) is 0 Å². The number of aromatic carboxylic acids is 1. The molecule has 0 aliphatic carbocycles. The molecule has 2 amide bonds. The second kappa shape index (κ2) is 7.60. The normalized spacial score (nSPS) is 13.0. The number of amides is 2. The fourth-order valence-corrected chi connectivity index (χ4v) is 3.24. The Morgan fingerprint density at radius 3 is 2.23 bits per heavy atom. The van der Waals surface area contributed by atoms with E-state index >= 15 is 0 Å². The first-order valence-corrected chi connectivity index (χ1v) is 9.09. The van der Waals surface area contributed by atoms with Gasteiger partial charge in [-0.05, 0) is 42.0 Å². The van der Waals surface area contributed by atoms with Crippen molar-refractivity contribution in [2.75, 3.05) is 4.90 Å². The van der Waals surface area contributed by atoms with Crippen molar-refractivity contribution in [2.24, 2.45) is 0 Å². The quantitative estimate of drug-likeness (QED) is 0.398. The first-order chi connectivity index (χ1) is 14.5. The number of ketones is 1. The van der Waals surface area contributed by atoms with Crippen LogP contribution in [0.15, 0.2) is 78.9 Å². The molecule has 1 heterocycles. The highest BCUT2D eigenvalue weighted by molar-refractivity contribution is 6.34. The molecule has 0 saturated heterocycles. The van der Waals surface area contributed by atoms with Gasteiger partial charge in [-0.2, -0.15) is 0 Å². The minimum absolute atomic E-state index is 0.0283. The lowest BCUT2D eigenvalue weighted by atomic mass is 10.1. The van der Waals surface area contributed by atoms with E-state index in [2.05, 4.69) is 0 Å². The maximum absolute atomic E-state index is 12.8. The van der Waals surface area contributed by atoms with Crippen molar-refractivity contribution in [3.05, 3.63) is 107 Å². The molecule has 6 nitrogen and oxygen atoms in total. The van der Waals surface area contributed by atoms with Gasteiger partial charge in [-0.15, -0.1) is 0 Å². The lowest BCUT2D eigenvalue weighted by molar-refractivity contribution is 0.0696. The second-order valence-electron chi connectivity index (χ2n) is 6.67. The van der Waals surface area contributed by atoms with Gasteiger partial charge in [0.1, 0.15) is 0 Å². The number of carboxylic acids is 1. The smallest absolute Gasteiger partial charge is 0.335 e. The number of carbonyl (C=O) groups excluding carboxylic acids is 3. The van der Waals surface area contributed by atoms with Crippen LogP contribution in [0.2, 0.25) is 0 Å². The molecule has 0 unspecified atom stereocenters. The van der Waals surface area contributed by atoms with E-state index in [9.17, 15) is 19.2 Å². The van der Waals surface area contributed by atoms with Crippen LogP contribution in [0.4, 0.5) is 5.69 Å². The van der Waals surface area contributed by atoms with Gasteiger partial charge < -0.3 is 5.11 Å². The predicted molar refractivity (Wildman–Crippen MR) is 111 cm³/mol. The van der Waals surface area contributed by atoms with Crippen LogP contribution in [0.1, 0.15) is 47.0 Å². The topological polar surface area (TPSA) is 91.8 Å². The van der Waals surface area contributed by atoms with Crippen LogP contribution < -0.4 is 4.90 Å². The highest BCUT2D eigenvalue weighted by Crippen LogP contribution is 2.29. The van der Waals surface area contributed by atoms with E-state index in [4.69, 9.17) is 5.11 Å². The van der Waals surface area contributed by atoms with Gasteiger partial charge in [-0.1, -0.05) is 48.5 Å². The van der Waals surface area contributed by atoms with E-state index < -0.39 is 17.8 Å². The Kier molecular flexibility index (Phi) is 4.82. The number of carboxylic acid groups (broad SMARTS) is 1. The molecular weight excluding hydrogens is 382 g/mol. The number of carbonyl (C=O) groups is 4.